The summed E-state index contributed by atoms with van der Waals surface area (Å²) in [7, 11) is 0. The standard InChI is InChI=1S/C22H30N4O3/c1-2-3-21(27)25-16-4-6-18(7-5-16)29-20-15-17(26-10-12-28-13-11-26)14-19-22(20)24-9-8-23-19/h8-9,14-16,18H,2-7,10-13H2,1H3,(H,25,27). The number of hydrogen-bond acceptors (Lipinski definition) is 6. The fourth-order valence-corrected chi connectivity index (χ4v) is 4.15. The Balaban J connectivity index is 1.45. The number of morpholine rings is 1. The Morgan fingerprint density at radius 1 is 1.17 bits per heavy atom. The highest BCUT2D eigenvalue weighted by Crippen LogP contribution is 2.32. The molecule has 1 saturated carbocycles. The molecule has 0 radical (unpaired) electrons. The van der Waals surface area contributed by atoms with Crippen molar-refractivity contribution in [2.75, 3.05) is 31.2 Å². The van der Waals surface area contributed by atoms with Crippen molar-refractivity contribution in [3.8, 4) is 5.75 Å². The van der Waals surface area contributed by atoms with Crippen LogP contribution in [0.1, 0.15) is 45.4 Å². The molecule has 0 unspecified atom stereocenters. The molecule has 1 aliphatic heterocycles. The van der Waals surface area contributed by atoms with Gasteiger partial charge in [0, 0.05) is 49.7 Å². The smallest absolute Gasteiger partial charge is 0.220 e. The van der Waals surface area contributed by atoms with Crippen molar-refractivity contribution in [3.05, 3.63) is 24.5 Å². The van der Waals surface area contributed by atoms with Gasteiger partial charge in [0.2, 0.25) is 5.91 Å². The van der Waals surface area contributed by atoms with Crippen LogP contribution in [0.5, 0.6) is 5.75 Å². The van der Waals surface area contributed by atoms with Crippen LogP contribution in [0.15, 0.2) is 24.5 Å². The summed E-state index contributed by atoms with van der Waals surface area (Å²) < 4.78 is 11.9. The van der Waals surface area contributed by atoms with Crippen molar-refractivity contribution < 1.29 is 14.3 Å². The lowest BCUT2D eigenvalue weighted by atomic mass is 9.92. The summed E-state index contributed by atoms with van der Waals surface area (Å²) >= 11 is 0. The predicted octanol–water partition coefficient (Wildman–Crippen LogP) is 3.07. The summed E-state index contributed by atoms with van der Waals surface area (Å²) in [4.78, 5) is 23.2. The van der Waals surface area contributed by atoms with Gasteiger partial charge in [-0.25, -0.2) is 4.98 Å². The number of fused-ring (bicyclic) bond motifs is 1. The molecule has 1 amide bonds. The number of amides is 1. The minimum Gasteiger partial charge on any atom is -0.488 e. The number of nitrogens with one attached hydrogen (secondary N) is 1. The largest absolute Gasteiger partial charge is 0.488 e. The number of aromatic nitrogens is 2. The third-order valence-electron chi connectivity index (χ3n) is 5.71. The van der Waals surface area contributed by atoms with Crippen LogP contribution in [0.3, 0.4) is 0 Å². The van der Waals surface area contributed by atoms with Crippen LogP contribution in [0, 0.1) is 0 Å². The van der Waals surface area contributed by atoms with Crippen LogP contribution in [0.2, 0.25) is 0 Å². The molecule has 2 heterocycles. The topological polar surface area (TPSA) is 76.6 Å². The minimum absolute atomic E-state index is 0.138. The maximum Gasteiger partial charge on any atom is 0.220 e. The Labute approximate surface area is 171 Å². The summed E-state index contributed by atoms with van der Waals surface area (Å²) in [6.45, 7) is 5.25. The summed E-state index contributed by atoms with van der Waals surface area (Å²) in [5.74, 6) is 0.965. The Kier molecular flexibility index (Phi) is 6.44. The summed E-state index contributed by atoms with van der Waals surface area (Å²) in [6, 6.07) is 4.45. The molecule has 0 spiro atoms. The van der Waals surface area contributed by atoms with Gasteiger partial charge < -0.3 is 19.7 Å². The Hall–Kier alpha value is -2.41. The fraction of sp³-hybridized carbons (Fsp3) is 0.591. The van der Waals surface area contributed by atoms with Gasteiger partial charge in [0.1, 0.15) is 11.3 Å². The van der Waals surface area contributed by atoms with E-state index in [9.17, 15) is 4.79 Å². The number of anilines is 1. The summed E-state index contributed by atoms with van der Waals surface area (Å²) in [6.07, 6.45) is 8.83. The molecule has 1 aromatic heterocycles. The normalized spacial score (nSPS) is 22.4. The molecular weight excluding hydrogens is 368 g/mol. The molecule has 2 aromatic rings. The van der Waals surface area contributed by atoms with E-state index in [1.165, 1.54) is 0 Å². The molecule has 0 atom stereocenters. The first-order valence-electron chi connectivity index (χ1n) is 10.8. The number of carbonyl (C=O) groups excluding carboxylic acids is 1. The number of rotatable bonds is 6. The third kappa shape index (κ3) is 4.96. The molecular formula is C22H30N4O3. The highest BCUT2D eigenvalue weighted by molar-refractivity contribution is 5.85. The van der Waals surface area contributed by atoms with Gasteiger partial charge in [-0.15, -0.1) is 0 Å². The first-order chi connectivity index (χ1) is 14.2. The van der Waals surface area contributed by atoms with Gasteiger partial charge in [0.15, 0.2) is 0 Å². The lowest BCUT2D eigenvalue weighted by Gasteiger charge is -2.31. The van der Waals surface area contributed by atoms with Crippen LogP contribution in [0.25, 0.3) is 11.0 Å². The second-order valence-corrected chi connectivity index (χ2v) is 7.88. The van der Waals surface area contributed by atoms with E-state index in [0.29, 0.717) is 6.42 Å². The third-order valence-corrected chi connectivity index (χ3v) is 5.71. The van der Waals surface area contributed by atoms with E-state index >= 15 is 0 Å². The number of carbonyl (C=O) groups is 1. The zero-order valence-electron chi connectivity index (χ0n) is 17.1. The molecule has 7 heteroatoms. The van der Waals surface area contributed by atoms with Crippen LogP contribution in [0.4, 0.5) is 5.69 Å². The molecule has 0 bridgehead atoms. The number of hydrogen-bond donors (Lipinski definition) is 1. The lowest BCUT2D eigenvalue weighted by Crippen LogP contribution is -2.39. The zero-order valence-corrected chi connectivity index (χ0v) is 17.1. The summed E-state index contributed by atoms with van der Waals surface area (Å²) in [5, 5.41) is 3.15. The van der Waals surface area contributed by atoms with E-state index < -0.39 is 0 Å². The number of nitrogens with zero attached hydrogens (tertiary/aromatic N) is 3. The Morgan fingerprint density at radius 3 is 2.69 bits per heavy atom. The van der Waals surface area contributed by atoms with Crippen LogP contribution in [-0.2, 0) is 9.53 Å². The molecule has 1 saturated heterocycles. The molecule has 1 N–H and O–H groups in total. The van der Waals surface area contributed by atoms with E-state index in [4.69, 9.17) is 9.47 Å². The van der Waals surface area contributed by atoms with Gasteiger partial charge in [-0.2, -0.15) is 0 Å². The number of ether oxygens (including phenoxy) is 2. The number of benzene rings is 1. The predicted molar refractivity (Wildman–Crippen MR) is 112 cm³/mol. The molecule has 2 aliphatic rings. The Bertz CT molecular complexity index is 830. The maximum atomic E-state index is 11.8. The first-order valence-corrected chi connectivity index (χ1v) is 10.8. The molecule has 156 valence electrons. The second kappa shape index (κ2) is 9.39. The quantitative estimate of drug-likeness (QED) is 0.806. The van der Waals surface area contributed by atoms with Crippen LogP contribution < -0.4 is 15.0 Å². The SMILES string of the molecule is CCCC(=O)NC1CCC(Oc2cc(N3CCOCC3)cc3nccnc23)CC1. The van der Waals surface area contributed by atoms with Gasteiger partial charge in [-0.1, -0.05) is 6.92 Å². The molecule has 1 aliphatic carbocycles. The molecule has 1 aromatic carbocycles. The fourth-order valence-electron chi connectivity index (χ4n) is 4.15. The molecule has 29 heavy (non-hydrogen) atoms. The van der Waals surface area contributed by atoms with Gasteiger partial charge in [-0.05, 0) is 38.2 Å². The molecule has 4 rings (SSSR count). The van der Waals surface area contributed by atoms with E-state index in [0.717, 1.165) is 80.9 Å². The monoisotopic (exact) mass is 398 g/mol. The summed E-state index contributed by atoms with van der Waals surface area (Å²) in [5.41, 5.74) is 2.77. The highest BCUT2D eigenvalue weighted by atomic mass is 16.5. The van der Waals surface area contributed by atoms with Crippen molar-refractivity contribution in [2.45, 2.75) is 57.6 Å². The van der Waals surface area contributed by atoms with Gasteiger partial charge in [0.05, 0.1) is 24.8 Å². The maximum absolute atomic E-state index is 11.8. The molecule has 2 fully saturated rings. The van der Waals surface area contributed by atoms with Crippen molar-refractivity contribution in [1.29, 1.82) is 0 Å². The molecule has 7 nitrogen and oxygen atoms in total. The van der Waals surface area contributed by atoms with Crippen LogP contribution in [-0.4, -0.2) is 54.3 Å². The highest BCUT2D eigenvalue weighted by Gasteiger charge is 2.25. The average molecular weight is 399 g/mol. The first kappa shape index (κ1) is 19.9. The van der Waals surface area contributed by atoms with E-state index in [2.05, 4.69) is 32.3 Å². The lowest BCUT2D eigenvalue weighted by molar-refractivity contribution is -0.122. The van der Waals surface area contributed by atoms with Crippen molar-refractivity contribution in [2.24, 2.45) is 0 Å². The van der Waals surface area contributed by atoms with E-state index in [-0.39, 0.29) is 18.1 Å². The second-order valence-electron chi connectivity index (χ2n) is 7.88. The van der Waals surface area contributed by atoms with Gasteiger partial charge in [-0.3, -0.25) is 9.78 Å². The Morgan fingerprint density at radius 2 is 1.93 bits per heavy atom. The van der Waals surface area contributed by atoms with Crippen LogP contribution >= 0.6 is 0 Å². The average Bonchev–Trinajstić information content (AvgIpc) is 2.76. The zero-order chi connectivity index (χ0) is 20.1. The van der Waals surface area contributed by atoms with Crippen molar-refractivity contribution in [1.82, 2.24) is 15.3 Å². The van der Waals surface area contributed by atoms with E-state index in [1.54, 1.807) is 12.4 Å². The van der Waals surface area contributed by atoms with Gasteiger partial charge >= 0.3 is 0 Å². The van der Waals surface area contributed by atoms with Crippen molar-refractivity contribution in [3.63, 3.8) is 0 Å². The van der Waals surface area contributed by atoms with Gasteiger partial charge in [0.25, 0.3) is 0 Å². The van der Waals surface area contributed by atoms with E-state index in [1.807, 2.05) is 6.92 Å². The van der Waals surface area contributed by atoms with Crippen molar-refractivity contribution >= 4 is 22.6 Å². The minimum atomic E-state index is 0.138.